The lowest BCUT2D eigenvalue weighted by Gasteiger charge is -2.06. The summed E-state index contributed by atoms with van der Waals surface area (Å²) in [6.07, 6.45) is 0. The van der Waals surface area contributed by atoms with Crippen LogP contribution in [0.2, 0.25) is 0 Å². The maximum atomic E-state index is 11.0. The first-order chi connectivity index (χ1) is 8.72. The molecule has 0 unspecified atom stereocenters. The van der Waals surface area contributed by atoms with Crippen molar-refractivity contribution in [3.05, 3.63) is 27.8 Å². The van der Waals surface area contributed by atoms with Crippen LogP contribution in [-0.2, 0) is 11.3 Å². The maximum Gasteiger partial charge on any atom is 0.277 e. The number of benzene rings is 1. The van der Waals surface area contributed by atoms with Crippen LogP contribution in [0.15, 0.2) is 12.1 Å². The molecule has 0 atom stereocenters. The lowest BCUT2D eigenvalue weighted by Crippen LogP contribution is -2.19. The average Bonchev–Trinajstić information content (AvgIpc) is 2.80. The summed E-state index contributed by atoms with van der Waals surface area (Å²) in [4.78, 5) is 10.5. The molecular formula is C11H14N2O5. The number of nitro benzene ring substituents is 1. The van der Waals surface area contributed by atoms with Gasteiger partial charge in [-0.1, -0.05) is 0 Å². The van der Waals surface area contributed by atoms with Gasteiger partial charge in [-0.3, -0.25) is 10.1 Å². The third kappa shape index (κ3) is 2.69. The highest BCUT2D eigenvalue weighted by Crippen LogP contribution is 2.37. The molecule has 0 saturated carbocycles. The van der Waals surface area contributed by atoms with Gasteiger partial charge in [0.1, 0.15) is 0 Å². The van der Waals surface area contributed by atoms with Crippen molar-refractivity contribution in [1.29, 1.82) is 0 Å². The number of methoxy groups -OCH3 is 1. The lowest BCUT2D eigenvalue weighted by atomic mass is 10.1. The SMILES string of the molecule is COCCNCc1cc2c(cc1[N+](=O)[O-])OCO2. The van der Waals surface area contributed by atoms with E-state index in [2.05, 4.69) is 5.32 Å². The molecule has 98 valence electrons. The van der Waals surface area contributed by atoms with E-state index in [1.807, 2.05) is 0 Å². The normalized spacial score (nSPS) is 12.7. The fourth-order valence-corrected chi connectivity index (χ4v) is 1.68. The molecule has 0 saturated heterocycles. The van der Waals surface area contributed by atoms with Crippen molar-refractivity contribution >= 4 is 5.69 Å². The molecule has 0 fully saturated rings. The van der Waals surface area contributed by atoms with Crippen LogP contribution in [0.1, 0.15) is 5.56 Å². The Morgan fingerprint density at radius 1 is 1.44 bits per heavy atom. The van der Waals surface area contributed by atoms with Crippen LogP contribution in [0, 0.1) is 10.1 Å². The minimum absolute atomic E-state index is 0.0316. The van der Waals surface area contributed by atoms with E-state index in [9.17, 15) is 10.1 Å². The van der Waals surface area contributed by atoms with Crippen molar-refractivity contribution in [2.75, 3.05) is 27.1 Å². The zero-order valence-corrected chi connectivity index (χ0v) is 9.97. The van der Waals surface area contributed by atoms with Gasteiger partial charge in [0.2, 0.25) is 6.79 Å². The van der Waals surface area contributed by atoms with Crippen molar-refractivity contribution in [3.63, 3.8) is 0 Å². The Kier molecular flexibility index (Phi) is 3.96. The molecule has 0 aromatic heterocycles. The third-order valence-electron chi connectivity index (χ3n) is 2.57. The van der Waals surface area contributed by atoms with Gasteiger partial charge >= 0.3 is 0 Å². The van der Waals surface area contributed by atoms with Crippen LogP contribution in [0.25, 0.3) is 0 Å². The second kappa shape index (κ2) is 5.65. The third-order valence-corrected chi connectivity index (χ3v) is 2.57. The predicted octanol–water partition coefficient (Wildman–Crippen LogP) is 1.06. The number of hydrogen-bond donors (Lipinski definition) is 1. The van der Waals surface area contributed by atoms with E-state index in [1.165, 1.54) is 6.07 Å². The summed E-state index contributed by atoms with van der Waals surface area (Å²) >= 11 is 0. The number of nitrogens with one attached hydrogen (secondary N) is 1. The maximum absolute atomic E-state index is 11.0. The number of fused-ring (bicyclic) bond motifs is 1. The summed E-state index contributed by atoms with van der Waals surface area (Å²) in [5, 5.41) is 14.0. The van der Waals surface area contributed by atoms with Crippen molar-refractivity contribution in [1.82, 2.24) is 5.32 Å². The van der Waals surface area contributed by atoms with E-state index >= 15 is 0 Å². The summed E-state index contributed by atoms with van der Waals surface area (Å²) in [5.74, 6) is 0.964. The molecule has 1 aromatic rings. The van der Waals surface area contributed by atoms with Gasteiger partial charge in [-0.05, 0) is 6.07 Å². The number of ether oxygens (including phenoxy) is 3. The van der Waals surface area contributed by atoms with E-state index in [1.54, 1.807) is 13.2 Å². The molecule has 1 aromatic carbocycles. The first-order valence-electron chi connectivity index (χ1n) is 5.49. The predicted molar refractivity (Wildman–Crippen MR) is 62.8 cm³/mol. The Hall–Kier alpha value is -1.86. The standard InChI is InChI=1S/C11H14N2O5/c1-16-3-2-12-6-8-4-10-11(18-7-17-10)5-9(8)13(14)15/h4-5,12H,2-3,6-7H2,1H3. The first kappa shape index (κ1) is 12.6. The molecule has 0 bridgehead atoms. The Labute approximate surface area is 104 Å². The van der Waals surface area contributed by atoms with Crippen molar-refractivity contribution < 1.29 is 19.1 Å². The molecule has 1 N–H and O–H groups in total. The van der Waals surface area contributed by atoms with Gasteiger partial charge in [-0.2, -0.15) is 0 Å². The number of hydrogen-bond acceptors (Lipinski definition) is 6. The topological polar surface area (TPSA) is 82.9 Å². The molecule has 1 heterocycles. The van der Waals surface area contributed by atoms with E-state index in [-0.39, 0.29) is 12.5 Å². The Morgan fingerprint density at radius 3 is 2.83 bits per heavy atom. The fourth-order valence-electron chi connectivity index (χ4n) is 1.68. The molecule has 7 nitrogen and oxygen atoms in total. The summed E-state index contributed by atoms with van der Waals surface area (Å²) in [6.45, 7) is 1.67. The summed E-state index contributed by atoms with van der Waals surface area (Å²) < 4.78 is 15.2. The van der Waals surface area contributed by atoms with E-state index < -0.39 is 4.92 Å². The van der Waals surface area contributed by atoms with Gasteiger partial charge in [0.15, 0.2) is 11.5 Å². The van der Waals surface area contributed by atoms with Gasteiger partial charge in [0.05, 0.1) is 17.6 Å². The van der Waals surface area contributed by atoms with Crippen LogP contribution in [0.5, 0.6) is 11.5 Å². The summed E-state index contributed by atoms with van der Waals surface area (Å²) in [7, 11) is 1.60. The zero-order chi connectivity index (χ0) is 13.0. The van der Waals surface area contributed by atoms with Gasteiger partial charge in [0, 0.05) is 25.8 Å². The van der Waals surface area contributed by atoms with Gasteiger partial charge in [0.25, 0.3) is 5.69 Å². The van der Waals surface area contributed by atoms with Crippen molar-refractivity contribution in [2.24, 2.45) is 0 Å². The Balaban J connectivity index is 2.14. The Morgan fingerprint density at radius 2 is 2.17 bits per heavy atom. The minimum atomic E-state index is -0.421. The zero-order valence-electron chi connectivity index (χ0n) is 9.97. The summed E-state index contributed by atoms with van der Waals surface area (Å²) in [5.41, 5.74) is 0.601. The molecule has 1 aliphatic heterocycles. The molecular weight excluding hydrogens is 240 g/mol. The Bertz CT molecular complexity index is 449. The number of nitro groups is 1. The molecule has 0 aliphatic carbocycles. The van der Waals surface area contributed by atoms with Crippen molar-refractivity contribution in [3.8, 4) is 11.5 Å². The molecule has 0 radical (unpaired) electrons. The molecule has 7 heteroatoms. The highest BCUT2D eigenvalue weighted by atomic mass is 16.7. The van der Waals surface area contributed by atoms with Crippen LogP contribution >= 0.6 is 0 Å². The van der Waals surface area contributed by atoms with Crippen LogP contribution in [0.3, 0.4) is 0 Å². The molecule has 2 rings (SSSR count). The van der Waals surface area contributed by atoms with Crippen LogP contribution in [-0.4, -0.2) is 32.0 Å². The summed E-state index contributed by atoms with van der Waals surface area (Å²) in [6, 6.07) is 3.04. The van der Waals surface area contributed by atoms with Crippen LogP contribution < -0.4 is 14.8 Å². The molecule has 1 aliphatic rings. The fraction of sp³-hybridized carbons (Fsp3) is 0.455. The minimum Gasteiger partial charge on any atom is -0.454 e. The van der Waals surface area contributed by atoms with E-state index in [0.29, 0.717) is 36.8 Å². The average molecular weight is 254 g/mol. The number of nitrogens with zero attached hydrogens (tertiary/aromatic N) is 1. The highest BCUT2D eigenvalue weighted by Gasteiger charge is 2.22. The quantitative estimate of drug-likeness (QED) is 0.464. The second-order valence-corrected chi connectivity index (χ2v) is 3.76. The van der Waals surface area contributed by atoms with Crippen LogP contribution in [0.4, 0.5) is 5.69 Å². The van der Waals surface area contributed by atoms with Gasteiger partial charge < -0.3 is 19.5 Å². The molecule has 18 heavy (non-hydrogen) atoms. The molecule has 0 amide bonds. The highest BCUT2D eigenvalue weighted by molar-refractivity contribution is 5.55. The first-order valence-corrected chi connectivity index (χ1v) is 5.49. The second-order valence-electron chi connectivity index (χ2n) is 3.76. The monoisotopic (exact) mass is 254 g/mol. The van der Waals surface area contributed by atoms with E-state index in [4.69, 9.17) is 14.2 Å². The van der Waals surface area contributed by atoms with E-state index in [0.717, 1.165) is 0 Å². The lowest BCUT2D eigenvalue weighted by molar-refractivity contribution is -0.385. The largest absolute Gasteiger partial charge is 0.454 e. The smallest absolute Gasteiger partial charge is 0.277 e. The van der Waals surface area contributed by atoms with Crippen molar-refractivity contribution in [2.45, 2.75) is 6.54 Å². The van der Waals surface area contributed by atoms with Gasteiger partial charge in [-0.25, -0.2) is 0 Å². The number of rotatable bonds is 6. The van der Waals surface area contributed by atoms with Gasteiger partial charge in [-0.15, -0.1) is 0 Å². The molecule has 0 spiro atoms.